The van der Waals surface area contributed by atoms with Crippen molar-refractivity contribution in [2.24, 2.45) is 0 Å². The predicted octanol–water partition coefficient (Wildman–Crippen LogP) is 1.46. The quantitative estimate of drug-likeness (QED) is 0.644. The summed E-state index contributed by atoms with van der Waals surface area (Å²) in [5.41, 5.74) is 1.50. The lowest BCUT2D eigenvalue weighted by atomic mass is 10.1. The maximum absolute atomic E-state index is 4.53. The van der Waals surface area contributed by atoms with Crippen molar-refractivity contribution in [1.82, 2.24) is 9.97 Å². The molecule has 12 heavy (non-hydrogen) atoms. The fraction of sp³-hybridized carbons (Fsp3) is 0.556. The molecule has 1 heterocycles. The molecule has 1 atom stereocenters. The molecule has 1 aliphatic carbocycles. The van der Waals surface area contributed by atoms with E-state index in [2.05, 4.69) is 23.6 Å². The van der Waals surface area contributed by atoms with E-state index in [4.69, 9.17) is 0 Å². The lowest BCUT2D eigenvalue weighted by molar-refractivity contribution is 0.712. The standard InChI is InChI=1S/C9H13N2P/c1-9(4-5-9)8-10-6-3-7(11-8)12-2/h3,6,12H,4-5H2,1-2H3. The van der Waals surface area contributed by atoms with Crippen LogP contribution in [0.2, 0.25) is 0 Å². The SMILES string of the molecule is CPc1ccnc(C2(C)CC2)n1. The Labute approximate surface area is 74.6 Å². The number of nitrogens with zero attached hydrogens (tertiary/aromatic N) is 2. The maximum atomic E-state index is 4.53. The van der Waals surface area contributed by atoms with E-state index in [0.29, 0.717) is 5.41 Å². The van der Waals surface area contributed by atoms with Crippen LogP contribution in [0.4, 0.5) is 0 Å². The molecule has 1 aromatic heterocycles. The predicted molar refractivity (Wildman–Crippen MR) is 52.5 cm³/mol. The molecular formula is C9H13N2P. The highest BCUT2D eigenvalue weighted by Crippen LogP contribution is 2.45. The van der Waals surface area contributed by atoms with Gasteiger partial charge in [-0.2, -0.15) is 0 Å². The summed E-state index contributed by atoms with van der Waals surface area (Å²) in [5.74, 6) is 1.05. The summed E-state index contributed by atoms with van der Waals surface area (Å²) in [5, 5.41) is 0. The first kappa shape index (κ1) is 8.12. The minimum absolute atomic E-state index is 0.315. The van der Waals surface area contributed by atoms with Crippen LogP contribution in [0.25, 0.3) is 0 Å². The molecule has 3 heteroatoms. The first-order chi connectivity index (χ1) is 5.74. The zero-order valence-corrected chi connectivity index (χ0v) is 8.46. The third-order valence-electron chi connectivity index (χ3n) is 2.45. The van der Waals surface area contributed by atoms with Gasteiger partial charge in [-0.05, 0) is 25.6 Å². The Hall–Kier alpha value is -0.490. The van der Waals surface area contributed by atoms with Gasteiger partial charge >= 0.3 is 0 Å². The molecule has 0 saturated heterocycles. The Bertz CT molecular complexity index is 294. The summed E-state index contributed by atoms with van der Waals surface area (Å²) in [6.45, 7) is 4.40. The Kier molecular flexibility index (Phi) is 1.88. The molecule has 1 saturated carbocycles. The van der Waals surface area contributed by atoms with Crippen molar-refractivity contribution in [3.8, 4) is 0 Å². The maximum Gasteiger partial charge on any atom is 0.134 e. The highest BCUT2D eigenvalue weighted by molar-refractivity contribution is 7.45. The normalized spacial score (nSPS) is 20.2. The number of aromatic nitrogens is 2. The van der Waals surface area contributed by atoms with Crippen LogP contribution in [0.5, 0.6) is 0 Å². The van der Waals surface area contributed by atoms with Crippen molar-refractivity contribution in [3.63, 3.8) is 0 Å². The van der Waals surface area contributed by atoms with Crippen LogP contribution in [-0.4, -0.2) is 16.6 Å². The van der Waals surface area contributed by atoms with Crippen molar-refractivity contribution < 1.29 is 0 Å². The van der Waals surface area contributed by atoms with Gasteiger partial charge in [0.2, 0.25) is 0 Å². The second-order valence-corrected chi connectivity index (χ2v) is 4.59. The molecule has 1 aliphatic rings. The summed E-state index contributed by atoms with van der Waals surface area (Å²) in [6.07, 6.45) is 4.39. The fourth-order valence-electron chi connectivity index (χ4n) is 1.20. The summed E-state index contributed by atoms with van der Waals surface area (Å²) < 4.78 is 0. The smallest absolute Gasteiger partial charge is 0.134 e. The van der Waals surface area contributed by atoms with Gasteiger partial charge in [0.1, 0.15) is 5.82 Å². The Balaban J connectivity index is 2.32. The summed E-state index contributed by atoms with van der Waals surface area (Å²) in [6, 6.07) is 2.01. The van der Waals surface area contributed by atoms with E-state index in [1.165, 1.54) is 18.3 Å². The number of hydrogen-bond donors (Lipinski definition) is 0. The van der Waals surface area contributed by atoms with Crippen LogP contribution in [0.3, 0.4) is 0 Å². The highest BCUT2D eigenvalue weighted by Gasteiger charge is 2.41. The number of hydrogen-bond acceptors (Lipinski definition) is 2. The van der Waals surface area contributed by atoms with Gasteiger partial charge in [-0.25, -0.2) is 9.97 Å². The topological polar surface area (TPSA) is 25.8 Å². The molecule has 0 spiro atoms. The average Bonchev–Trinajstić information content (AvgIpc) is 2.85. The first-order valence-electron chi connectivity index (χ1n) is 4.26. The van der Waals surface area contributed by atoms with Gasteiger partial charge in [0, 0.05) is 11.6 Å². The second kappa shape index (κ2) is 2.77. The molecule has 0 aromatic carbocycles. The minimum atomic E-state index is 0.315. The highest BCUT2D eigenvalue weighted by atomic mass is 31.1. The molecule has 64 valence electrons. The Morgan fingerprint density at radius 3 is 2.83 bits per heavy atom. The van der Waals surface area contributed by atoms with E-state index in [1.54, 1.807) is 0 Å². The van der Waals surface area contributed by atoms with Gasteiger partial charge in [0.05, 0.1) is 5.44 Å². The van der Waals surface area contributed by atoms with Crippen molar-refractivity contribution in [1.29, 1.82) is 0 Å². The van der Waals surface area contributed by atoms with Crippen molar-refractivity contribution in [2.45, 2.75) is 25.2 Å². The Morgan fingerprint density at radius 1 is 1.50 bits per heavy atom. The van der Waals surface area contributed by atoms with Gasteiger partial charge in [-0.15, -0.1) is 0 Å². The van der Waals surface area contributed by atoms with Gasteiger partial charge in [0.15, 0.2) is 0 Å². The molecule has 1 aromatic rings. The zero-order chi connectivity index (χ0) is 8.60. The van der Waals surface area contributed by atoms with Crippen LogP contribution in [0.1, 0.15) is 25.6 Å². The van der Waals surface area contributed by atoms with E-state index in [0.717, 1.165) is 14.4 Å². The van der Waals surface area contributed by atoms with Gasteiger partial charge in [-0.3, -0.25) is 0 Å². The molecule has 0 radical (unpaired) electrons. The van der Waals surface area contributed by atoms with Crippen molar-refractivity contribution in [2.75, 3.05) is 6.66 Å². The van der Waals surface area contributed by atoms with Gasteiger partial charge in [-0.1, -0.05) is 15.5 Å². The van der Waals surface area contributed by atoms with Crippen LogP contribution in [0, 0.1) is 0 Å². The summed E-state index contributed by atoms with van der Waals surface area (Å²) in [7, 11) is 0.782. The average molecular weight is 180 g/mol. The zero-order valence-electron chi connectivity index (χ0n) is 7.46. The van der Waals surface area contributed by atoms with Crippen molar-refractivity contribution >= 4 is 14.0 Å². The fourth-order valence-corrected chi connectivity index (χ4v) is 1.66. The van der Waals surface area contributed by atoms with Crippen LogP contribution in [-0.2, 0) is 5.41 Å². The van der Waals surface area contributed by atoms with Gasteiger partial charge in [0.25, 0.3) is 0 Å². The molecule has 1 unspecified atom stereocenters. The van der Waals surface area contributed by atoms with Crippen LogP contribution < -0.4 is 5.44 Å². The van der Waals surface area contributed by atoms with Crippen molar-refractivity contribution in [3.05, 3.63) is 18.1 Å². The molecule has 0 bridgehead atoms. The summed E-state index contributed by atoms with van der Waals surface area (Å²) in [4.78, 5) is 8.84. The molecule has 2 rings (SSSR count). The number of rotatable bonds is 2. The largest absolute Gasteiger partial charge is 0.241 e. The molecule has 0 amide bonds. The van der Waals surface area contributed by atoms with Crippen LogP contribution >= 0.6 is 8.58 Å². The van der Waals surface area contributed by atoms with E-state index < -0.39 is 0 Å². The molecular weight excluding hydrogens is 167 g/mol. The lowest BCUT2D eigenvalue weighted by Crippen LogP contribution is -2.12. The lowest BCUT2D eigenvalue weighted by Gasteiger charge is -2.06. The molecule has 0 N–H and O–H groups in total. The second-order valence-electron chi connectivity index (χ2n) is 3.58. The van der Waals surface area contributed by atoms with Gasteiger partial charge < -0.3 is 0 Å². The van der Waals surface area contributed by atoms with E-state index >= 15 is 0 Å². The van der Waals surface area contributed by atoms with E-state index in [9.17, 15) is 0 Å². The third kappa shape index (κ3) is 1.36. The third-order valence-corrected chi connectivity index (χ3v) is 3.24. The van der Waals surface area contributed by atoms with E-state index in [1.807, 2.05) is 12.3 Å². The van der Waals surface area contributed by atoms with E-state index in [-0.39, 0.29) is 0 Å². The minimum Gasteiger partial charge on any atom is -0.241 e. The Morgan fingerprint density at radius 2 is 2.25 bits per heavy atom. The molecule has 0 aliphatic heterocycles. The molecule has 2 nitrogen and oxygen atoms in total. The van der Waals surface area contributed by atoms with Crippen LogP contribution in [0.15, 0.2) is 12.3 Å². The molecule has 1 fully saturated rings. The first-order valence-corrected chi connectivity index (χ1v) is 5.76. The summed E-state index contributed by atoms with van der Waals surface area (Å²) >= 11 is 0. The monoisotopic (exact) mass is 180 g/mol.